The fraction of sp³-hybridized carbons (Fsp3) is 0.833. The Bertz CT molecular complexity index is 552. The number of hydrogen-bond acceptors (Lipinski definition) is 5. The first-order chi connectivity index (χ1) is 12.2. The molecule has 1 saturated heterocycles. The predicted octanol–water partition coefficient (Wildman–Crippen LogP) is 3.13. The zero-order valence-electron chi connectivity index (χ0n) is 15.9. The van der Waals surface area contributed by atoms with Crippen LogP contribution in [0.4, 0.5) is 0 Å². The Kier molecular flexibility index (Phi) is 9.10. The van der Waals surface area contributed by atoms with Crippen molar-refractivity contribution in [3.8, 4) is 0 Å². The number of piperidine rings is 1. The molecule has 0 spiro atoms. The SMILES string of the molecule is CCNC(=NCc1noc(C)n1)N1CCC(OCC2CCCC2)CC1.I. The largest absolute Gasteiger partial charge is 0.378 e. The lowest BCUT2D eigenvalue weighted by Crippen LogP contribution is -2.47. The predicted molar refractivity (Wildman–Crippen MR) is 112 cm³/mol. The smallest absolute Gasteiger partial charge is 0.223 e. The average molecular weight is 477 g/mol. The number of nitrogens with zero attached hydrogens (tertiary/aromatic N) is 4. The van der Waals surface area contributed by atoms with E-state index < -0.39 is 0 Å². The molecule has 1 saturated carbocycles. The van der Waals surface area contributed by atoms with Crippen LogP contribution < -0.4 is 5.32 Å². The van der Waals surface area contributed by atoms with Crippen LogP contribution in [-0.4, -0.2) is 53.3 Å². The molecule has 1 N–H and O–H groups in total. The Morgan fingerprint density at radius 1 is 1.27 bits per heavy atom. The van der Waals surface area contributed by atoms with Gasteiger partial charge in [-0.25, -0.2) is 4.99 Å². The van der Waals surface area contributed by atoms with Gasteiger partial charge in [0.1, 0.15) is 6.54 Å². The summed E-state index contributed by atoms with van der Waals surface area (Å²) in [5.74, 6) is 2.94. The summed E-state index contributed by atoms with van der Waals surface area (Å²) in [5, 5.41) is 7.28. The lowest BCUT2D eigenvalue weighted by atomic mass is 10.1. The van der Waals surface area contributed by atoms with E-state index in [1.54, 1.807) is 6.92 Å². The number of rotatable bonds is 6. The molecule has 3 rings (SSSR count). The maximum absolute atomic E-state index is 6.17. The minimum absolute atomic E-state index is 0. The van der Waals surface area contributed by atoms with Crippen molar-refractivity contribution < 1.29 is 9.26 Å². The molecule has 1 aromatic heterocycles. The lowest BCUT2D eigenvalue weighted by Gasteiger charge is -2.34. The molecular weight excluding hydrogens is 445 g/mol. The van der Waals surface area contributed by atoms with Crippen molar-refractivity contribution in [1.82, 2.24) is 20.4 Å². The van der Waals surface area contributed by atoms with E-state index >= 15 is 0 Å². The number of hydrogen-bond donors (Lipinski definition) is 1. The summed E-state index contributed by atoms with van der Waals surface area (Å²) in [7, 11) is 0. The standard InChI is InChI=1S/C18H31N5O2.HI/c1-3-19-18(20-12-17-21-14(2)25-22-17)23-10-8-16(9-11-23)24-13-15-6-4-5-7-15;/h15-16H,3-13H2,1-2H3,(H,19,20);1H. The van der Waals surface area contributed by atoms with E-state index in [-0.39, 0.29) is 24.0 Å². The Balaban J connectivity index is 0.00000243. The number of aryl methyl sites for hydroxylation is 1. The second kappa shape index (κ2) is 11.1. The molecule has 1 aliphatic heterocycles. The van der Waals surface area contributed by atoms with Crippen molar-refractivity contribution in [2.45, 2.75) is 65.0 Å². The van der Waals surface area contributed by atoms with Gasteiger partial charge in [-0.2, -0.15) is 4.98 Å². The van der Waals surface area contributed by atoms with Crippen LogP contribution in [0, 0.1) is 12.8 Å². The molecular formula is C18H32IN5O2. The van der Waals surface area contributed by atoms with Crippen molar-refractivity contribution in [3.63, 3.8) is 0 Å². The van der Waals surface area contributed by atoms with Gasteiger partial charge in [-0.05, 0) is 38.5 Å². The molecule has 1 aliphatic carbocycles. The Labute approximate surface area is 173 Å². The van der Waals surface area contributed by atoms with Gasteiger partial charge < -0.3 is 19.5 Å². The minimum Gasteiger partial charge on any atom is -0.378 e. The monoisotopic (exact) mass is 477 g/mol. The molecule has 0 radical (unpaired) electrons. The first kappa shape index (κ1) is 21.4. The second-order valence-corrected chi connectivity index (χ2v) is 7.07. The Morgan fingerprint density at radius 3 is 2.62 bits per heavy atom. The topological polar surface area (TPSA) is 75.8 Å². The normalized spacial score (nSPS) is 19.6. The van der Waals surface area contributed by atoms with E-state index in [0.717, 1.165) is 51.0 Å². The van der Waals surface area contributed by atoms with E-state index in [4.69, 9.17) is 9.26 Å². The molecule has 0 aromatic carbocycles. The van der Waals surface area contributed by atoms with Gasteiger partial charge in [-0.3, -0.25) is 0 Å². The summed E-state index contributed by atoms with van der Waals surface area (Å²) in [6.07, 6.45) is 8.01. The molecule has 7 nitrogen and oxygen atoms in total. The number of aromatic nitrogens is 2. The fourth-order valence-corrected chi connectivity index (χ4v) is 3.66. The molecule has 0 unspecified atom stereocenters. The minimum atomic E-state index is 0. The van der Waals surface area contributed by atoms with Crippen LogP contribution in [0.3, 0.4) is 0 Å². The number of guanidine groups is 1. The number of ether oxygens (including phenoxy) is 1. The van der Waals surface area contributed by atoms with Crippen molar-refractivity contribution in [2.24, 2.45) is 10.9 Å². The third kappa shape index (κ3) is 6.37. The van der Waals surface area contributed by atoms with E-state index in [1.165, 1.54) is 25.7 Å². The first-order valence-corrected chi connectivity index (χ1v) is 9.68. The van der Waals surface area contributed by atoms with Crippen LogP contribution in [0.5, 0.6) is 0 Å². The summed E-state index contributed by atoms with van der Waals surface area (Å²) >= 11 is 0. The molecule has 1 aromatic rings. The molecule has 2 fully saturated rings. The summed E-state index contributed by atoms with van der Waals surface area (Å²) in [6.45, 7) is 8.09. The van der Waals surface area contributed by atoms with Gasteiger partial charge in [0, 0.05) is 33.2 Å². The summed E-state index contributed by atoms with van der Waals surface area (Å²) < 4.78 is 11.2. The molecule has 0 bridgehead atoms. The summed E-state index contributed by atoms with van der Waals surface area (Å²) in [5.41, 5.74) is 0. The maximum Gasteiger partial charge on any atom is 0.223 e. The summed E-state index contributed by atoms with van der Waals surface area (Å²) in [6, 6.07) is 0. The van der Waals surface area contributed by atoms with E-state index in [2.05, 4.69) is 32.3 Å². The maximum atomic E-state index is 6.17. The molecule has 0 atom stereocenters. The van der Waals surface area contributed by atoms with Gasteiger partial charge in [-0.1, -0.05) is 18.0 Å². The van der Waals surface area contributed by atoms with Crippen LogP contribution in [0.15, 0.2) is 9.52 Å². The van der Waals surface area contributed by atoms with Gasteiger partial charge in [0.2, 0.25) is 5.89 Å². The van der Waals surface area contributed by atoms with Crippen LogP contribution in [0.1, 0.15) is 57.2 Å². The van der Waals surface area contributed by atoms with Crippen LogP contribution in [0.25, 0.3) is 0 Å². The molecule has 148 valence electrons. The van der Waals surface area contributed by atoms with E-state index in [0.29, 0.717) is 24.4 Å². The van der Waals surface area contributed by atoms with Crippen molar-refractivity contribution in [1.29, 1.82) is 0 Å². The van der Waals surface area contributed by atoms with E-state index in [9.17, 15) is 0 Å². The highest BCUT2D eigenvalue weighted by Gasteiger charge is 2.24. The lowest BCUT2D eigenvalue weighted by molar-refractivity contribution is 0.00101. The van der Waals surface area contributed by atoms with Crippen LogP contribution >= 0.6 is 24.0 Å². The Morgan fingerprint density at radius 2 is 2.00 bits per heavy atom. The number of halogens is 1. The summed E-state index contributed by atoms with van der Waals surface area (Å²) in [4.78, 5) is 11.2. The molecule has 2 aliphatic rings. The van der Waals surface area contributed by atoms with Gasteiger partial charge in [0.25, 0.3) is 0 Å². The molecule has 8 heteroatoms. The van der Waals surface area contributed by atoms with Crippen LogP contribution in [0.2, 0.25) is 0 Å². The number of aliphatic imine (C=N–C) groups is 1. The Hall–Kier alpha value is -0.900. The highest BCUT2D eigenvalue weighted by molar-refractivity contribution is 14.0. The van der Waals surface area contributed by atoms with Crippen molar-refractivity contribution in [2.75, 3.05) is 26.2 Å². The zero-order valence-corrected chi connectivity index (χ0v) is 18.3. The first-order valence-electron chi connectivity index (χ1n) is 9.68. The highest BCUT2D eigenvalue weighted by atomic mass is 127. The van der Waals surface area contributed by atoms with Crippen molar-refractivity contribution in [3.05, 3.63) is 11.7 Å². The number of nitrogens with one attached hydrogen (secondary N) is 1. The third-order valence-corrected chi connectivity index (χ3v) is 5.06. The molecule has 0 amide bonds. The fourth-order valence-electron chi connectivity index (χ4n) is 3.66. The zero-order chi connectivity index (χ0) is 17.5. The van der Waals surface area contributed by atoms with Crippen molar-refractivity contribution >= 4 is 29.9 Å². The second-order valence-electron chi connectivity index (χ2n) is 7.07. The van der Waals surface area contributed by atoms with E-state index in [1.807, 2.05) is 0 Å². The van der Waals surface area contributed by atoms with Crippen LogP contribution in [-0.2, 0) is 11.3 Å². The highest BCUT2D eigenvalue weighted by Crippen LogP contribution is 2.26. The van der Waals surface area contributed by atoms with Gasteiger partial charge in [0.15, 0.2) is 11.8 Å². The average Bonchev–Trinajstić information content (AvgIpc) is 3.29. The molecule has 2 heterocycles. The van der Waals surface area contributed by atoms with Gasteiger partial charge in [-0.15, -0.1) is 24.0 Å². The van der Waals surface area contributed by atoms with Gasteiger partial charge in [0.05, 0.1) is 6.10 Å². The quantitative estimate of drug-likeness (QED) is 0.386. The van der Waals surface area contributed by atoms with Gasteiger partial charge >= 0.3 is 0 Å². The number of likely N-dealkylation sites (tertiary alicyclic amines) is 1. The third-order valence-electron chi connectivity index (χ3n) is 5.06. The molecule has 26 heavy (non-hydrogen) atoms.